The van der Waals surface area contributed by atoms with E-state index in [0.717, 1.165) is 29.1 Å². The van der Waals surface area contributed by atoms with E-state index in [1.54, 1.807) is 10.4 Å². The van der Waals surface area contributed by atoms with Gasteiger partial charge in [0.15, 0.2) is 10.6 Å². The molecule has 1 fully saturated rings. The molecule has 7 nitrogen and oxygen atoms in total. The third-order valence-corrected chi connectivity index (χ3v) is 8.62. The van der Waals surface area contributed by atoms with Gasteiger partial charge < -0.3 is 4.57 Å². The molecular formula is C24H31N5O2S2. The van der Waals surface area contributed by atoms with Crippen molar-refractivity contribution in [1.82, 2.24) is 23.6 Å². The van der Waals surface area contributed by atoms with Gasteiger partial charge in [-0.2, -0.15) is 9.40 Å². The molecule has 9 heteroatoms. The van der Waals surface area contributed by atoms with Gasteiger partial charge in [-0.05, 0) is 57.6 Å². The van der Waals surface area contributed by atoms with Crippen LogP contribution in [-0.4, -0.2) is 58.1 Å². The Kier molecular flexibility index (Phi) is 6.86. The van der Waals surface area contributed by atoms with Crippen molar-refractivity contribution < 1.29 is 8.42 Å². The second-order valence-electron chi connectivity index (χ2n) is 8.65. The van der Waals surface area contributed by atoms with Crippen LogP contribution in [-0.2, 0) is 23.2 Å². The molecule has 0 spiro atoms. The molecule has 0 radical (unpaired) electrons. The molecule has 176 valence electrons. The zero-order valence-corrected chi connectivity index (χ0v) is 21.3. The number of rotatable bonds is 6. The maximum absolute atomic E-state index is 13.2. The zero-order valence-electron chi connectivity index (χ0n) is 19.7. The van der Waals surface area contributed by atoms with Gasteiger partial charge in [0.1, 0.15) is 0 Å². The normalized spacial score (nSPS) is 15.8. The van der Waals surface area contributed by atoms with Gasteiger partial charge in [0.05, 0.1) is 11.6 Å². The second-order valence-corrected chi connectivity index (χ2v) is 10.9. The van der Waals surface area contributed by atoms with Gasteiger partial charge in [-0.1, -0.05) is 41.5 Å². The SMILES string of the molecule is CCn1c(-c2cccc(C)c2)nn(CN2CCN(S(=O)(=O)c3ccc(C)cc3C)CC2)c1=S. The number of hydrogen-bond donors (Lipinski definition) is 0. The lowest BCUT2D eigenvalue weighted by Gasteiger charge is -2.34. The Labute approximate surface area is 201 Å². The van der Waals surface area contributed by atoms with Crippen molar-refractivity contribution in [1.29, 1.82) is 0 Å². The average molecular weight is 486 g/mol. The molecular weight excluding hydrogens is 454 g/mol. The number of benzene rings is 2. The molecule has 2 heterocycles. The van der Waals surface area contributed by atoms with Crippen molar-refractivity contribution in [3.8, 4) is 11.4 Å². The topological polar surface area (TPSA) is 63.4 Å². The number of sulfonamides is 1. The summed E-state index contributed by atoms with van der Waals surface area (Å²) in [5, 5.41) is 4.82. The highest BCUT2D eigenvalue weighted by Gasteiger charge is 2.30. The molecule has 3 aromatic rings. The van der Waals surface area contributed by atoms with Crippen LogP contribution < -0.4 is 0 Å². The maximum Gasteiger partial charge on any atom is 0.243 e. The molecule has 0 atom stereocenters. The quantitative estimate of drug-likeness (QED) is 0.494. The van der Waals surface area contributed by atoms with Gasteiger partial charge >= 0.3 is 0 Å². The molecule has 1 aliphatic heterocycles. The molecule has 0 amide bonds. The molecule has 0 bridgehead atoms. The lowest BCUT2D eigenvalue weighted by molar-refractivity contribution is 0.144. The van der Waals surface area contributed by atoms with E-state index < -0.39 is 10.0 Å². The summed E-state index contributed by atoms with van der Waals surface area (Å²) >= 11 is 5.71. The van der Waals surface area contributed by atoms with E-state index in [-0.39, 0.29) is 0 Å². The van der Waals surface area contributed by atoms with E-state index in [1.807, 2.05) is 41.3 Å². The fraction of sp³-hybridized carbons (Fsp3) is 0.417. The molecule has 0 unspecified atom stereocenters. The zero-order chi connectivity index (χ0) is 23.8. The van der Waals surface area contributed by atoms with Gasteiger partial charge in [-0.3, -0.25) is 4.90 Å². The van der Waals surface area contributed by atoms with Crippen molar-refractivity contribution in [2.24, 2.45) is 0 Å². The Hall–Kier alpha value is -2.33. The maximum atomic E-state index is 13.2. The van der Waals surface area contributed by atoms with E-state index in [4.69, 9.17) is 17.3 Å². The number of aromatic nitrogens is 3. The van der Waals surface area contributed by atoms with Gasteiger partial charge in [-0.15, -0.1) is 0 Å². The van der Waals surface area contributed by atoms with Gasteiger partial charge in [0.25, 0.3) is 0 Å². The minimum Gasteiger partial charge on any atom is -0.300 e. The first-order valence-corrected chi connectivity index (χ1v) is 13.1. The van der Waals surface area contributed by atoms with Gasteiger partial charge in [0.2, 0.25) is 10.0 Å². The van der Waals surface area contributed by atoms with Crippen LogP contribution in [0.1, 0.15) is 23.6 Å². The van der Waals surface area contributed by atoms with Crippen molar-refractivity contribution in [3.63, 3.8) is 0 Å². The first-order valence-electron chi connectivity index (χ1n) is 11.2. The first kappa shape index (κ1) is 23.8. The van der Waals surface area contributed by atoms with Crippen LogP contribution in [0.5, 0.6) is 0 Å². The van der Waals surface area contributed by atoms with Gasteiger partial charge in [-0.25, -0.2) is 13.1 Å². The highest BCUT2D eigenvalue weighted by Crippen LogP contribution is 2.23. The molecule has 1 aromatic heterocycles. The summed E-state index contributed by atoms with van der Waals surface area (Å²) in [6.45, 7) is 11.4. The third kappa shape index (κ3) is 4.82. The fourth-order valence-corrected chi connectivity index (χ4v) is 6.29. The minimum atomic E-state index is -3.50. The van der Waals surface area contributed by atoms with Crippen molar-refractivity contribution in [3.05, 3.63) is 63.9 Å². The van der Waals surface area contributed by atoms with Crippen LogP contribution in [0.3, 0.4) is 0 Å². The molecule has 0 N–H and O–H groups in total. The number of piperazine rings is 1. The van der Waals surface area contributed by atoms with E-state index in [1.165, 1.54) is 5.56 Å². The first-order chi connectivity index (χ1) is 15.7. The van der Waals surface area contributed by atoms with Crippen molar-refractivity contribution in [2.45, 2.75) is 45.8 Å². The van der Waals surface area contributed by atoms with Crippen LogP contribution >= 0.6 is 12.2 Å². The summed E-state index contributed by atoms with van der Waals surface area (Å²) in [7, 11) is -3.50. The Morgan fingerprint density at radius 2 is 1.67 bits per heavy atom. The molecule has 33 heavy (non-hydrogen) atoms. The van der Waals surface area contributed by atoms with Crippen molar-refractivity contribution >= 4 is 22.2 Å². The minimum absolute atomic E-state index is 0.397. The number of nitrogens with zero attached hydrogens (tertiary/aromatic N) is 5. The molecule has 1 aliphatic rings. The summed E-state index contributed by atoms with van der Waals surface area (Å²) in [6.07, 6.45) is 0. The number of hydrogen-bond acceptors (Lipinski definition) is 5. The lowest BCUT2D eigenvalue weighted by Crippen LogP contribution is -2.49. The lowest BCUT2D eigenvalue weighted by atomic mass is 10.1. The van der Waals surface area contributed by atoms with Crippen LogP contribution in [0.2, 0.25) is 0 Å². The fourth-order valence-electron chi connectivity index (χ4n) is 4.34. The predicted octanol–water partition coefficient (Wildman–Crippen LogP) is 3.99. The summed E-state index contributed by atoms with van der Waals surface area (Å²) in [6, 6.07) is 13.8. The Morgan fingerprint density at radius 1 is 0.970 bits per heavy atom. The molecule has 4 rings (SSSR count). The highest BCUT2D eigenvalue weighted by atomic mass is 32.2. The number of aryl methyl sites for hydroxylation is 3. The third-order valence-electron chi connectivity index (χ3n) is 6.13. The summed E-state index contributed by atoms with van der Waals surface area (Å²) < 4.78 is 32.5. The van der Waals surface area contributed by atoms with E-state index in [2.05, 4.69) is 36.9 Å². The van der Waals surface area contributed by atoms with Crippen LogP contribution in [0.4, 0.5) is 0 Å². The van der Waals surface area contributed by atoms with E-state index >= 15 is 0 Å². The Morgan fingerprint density at radius 3 is 2.30 bits per heavy atom. The molecule has 1 saturated heterocycles. The second kappa shape index (κ2) is 9.50. The summed E-state index contributed by atoms with van der Waals surface area (Å²) in [5.74, 6) is 0.863. The molecule has 2 aromatic carbocycles. The van der Waals surface area contributed by atoms with E-state index in [9.17, 15) is 8.42 Å². The standard InChI is InChI=1S/C24H31N5O2S2/c1-5-28-23(21-8-6-7-18(2)16-21)25-29(24(28)32)17-26-11-13-27(14-12-26)33(30,31)22-10-9-19(3)15-20(22)4/h6-10,15-16H,5,11-14,17H2,1-4H3. The molecule has 0 saturated carbocycles. The largest absolute Gasteiger partial charge is 0.300 e. The highest BCUT2D eigenvalue weighted by molar-refractivity contribution is 7.89. The summed E-state index contributed by atoms with van der Waals surface area (Å²) in [4.78, 5) is 2.60. The molecule has 0 aliphatic carbocycles. The van der Waals surface area contributed by atoms with Crippen molar-refractivity contribution in [2.75, 3.05) is 26.2 Å². The van der Waals surface area contributed by atoms with Crippen LogP contribution in [0, 0.1) is 25.5 Å². The van der Waals surface area contributed by atoms with Gasteiger partial charge in [0, 0.05) is 38.3 Å². The smallest absolute Gasteiger partial charge is 0.243 e. The Bertz CT molecular complexity index is 1320. The Balaban J connectivity index is 1.49. The predicted molar refractivity (Wildman–Crippen MR) is 133 cm³/mol. The van der Waals surface area contributed by atoms with Crippen LogP contribution in [0.15, 0.2) is 47.4 Å². The monoisotopic (exact) mass is 485 g/mol. The van der Waals surface area contributed by atoms with E-state index in [0.29, 0.717) is 42.5 Å². The van der Waals surface area contributed by atoms with Crippen LogP contribution in [0.25, 0.3) is 11.4 Å². The average Bonchev–Trinajstić information content (AvgIpc) is 3.09. The summed E-state index contributed by atoms with van der Waals surface area (Å²) in [5.41, 5.74) is 4.07.